The highest BCUT2D eigenvalue weighted by molar-refractivity contribution is 6.30. The maximum absolute atomic E-state index is 12.1. The van der Waals surface area contributed by atoms with Gasteiger partial charge in [-0.15, -0.1) is 6.58 Å². The standard InChI is InChI=1S/C16H20ClNO4/c1-3-4-9-22-11(2)16(21)18-14(10-15(19)20)12-5-7-13(17)8-6-12/h3,5-8,11,14H,1,4,9-10H2,2H3,(H,18,21)(H,19,20)/t11?,14-/m0/s1. The molecule has 0 fully saturated rings. The predicted octanol–water partition coefficient (Wildman–Crippen LogP) is 2.95. The molecule has 0 radical (unpaired) electrons. The molecule has 0 saturated heterocycles. The summed E-state index contributed by atoms with van der Waals surface area (Å²) in [5.41, 5.74) is 0.679. The van der Waals surface area contributed by atoms with Gasteiger partial charge in [-0.2, -0.15) is 0 Å². The Kier molecular flexibility index (Phi) is 7.63. The van der Waals surface area contributed by atoms with E-state index < -0.39 is 18.1 Å². The van der Waals surface area contributed by atoms with E-state index in [1.807, 2.05) is 0 Å². The van der Waals surface area contributed by atoms with Gasteiger partial charge in [0.25, 0.3) is 0 Å². The van der Waals surface area contributed by atoms with E-state index in [1.165, 1.54) is 0 Å². The number of hydrogen-bond acceptors (Lipinski definition) is 3. The molecule has 2 atom stereocenters. The molecule has 1 amide bonds. The number of halogens is 1. The van der Waals surface area contributed by atoms with Gasteiger partial charge in [-0.05, 0) is 31.0 Å². The second-order valence-corrected chi connectivity index (χ2v) is 5.24. The minimum Gasteiger partial charge on any atom is -0.481 e. The summed E-state index contributed by atoms with van der Waals surface area (Å²) < 4.78 is 5.35. The first-order chi connectivity index (χ1) is 10.4. The van der Waals surface area contributed by atoms with Crippen LogP contribution >= 0.6 is 11.6 Å². The lowest BCUT2D eigenvalue weighted by molar-refractivity contribution is -0.138. The van der Waals surface area contributed by atoms with Crippen molar-refractivity contribution in [3.05, 3.63) is 47.5 Å². The summed E-state index contributed by atoms with van der Waals surface area (Å²) in [5, 5.41) is 12.2. The summed E-state index contributed by atoms with van der Waals surface area (Å²) in [6.45, 7) is 5.59. The van der Waals surface area contributed by atoms with Crippen molar-refractivity contribution in [2.45, 2.75) is 31.9 Å². The maximum Gasteiger partial charge on any atom is 0.305 e. The fraction of sp³-hybridized carbons (Fsp3) is 0.375. The molecule has 1 aromatic carbocycles. The molecule has 120 valence electrons. The van der Waals surface area contributed by atoms with Crippen molar-refractivity contribution in [2.75, 3.05) is 6.61 Å². The second kappa shape index (κ2) is 9.23. The van der Waals surface area contributed by atoms with Crippen molar-refractivity contribution in [1.29, 1.82) is 0 Å². The molecule has 0 bridgehead atoms. The van der Waals surface area contributed by atoms with E-state index in [1.54, 1.807) is 37.3 Å². The lowest BCUT2D eigenvalue weighted by Crippen LogP contribution is -2.38. The summed E-state index contributed by atoms with van der Waals surface area (Å²) >= 11 is 5.82. The van der Waals surface area contributed by atoms with Crippen LogP contribution in [0.15, 0.2) is 36.9 Å². The Balaban J connectivity index is 2.72. The molecular weight excluding hydrogens is 306 g/mol. The zero-order valence-electron chi connectivity index (χ0n) is 12.4. The van der Waals surface area contributed by atoms with Crippen LogP contribution in [0.4, 0.5) is 0 Å². The minimum absolute atomic E-state index is 0.216. The first-order valence-corrected chi connectivity index (χ1v) is 7.32. The normalized spacial score (nSPS) is 13.2. The van der Waals surface area contributed by atoms with E-state index in [-0.39, 0.29) is 12.3 Å². The third kappa shape index (κ3) is 6.28. The number of carbonyl (C=O) groups excluding carboxylic acids is 1. The molecule has 0 saturated carbocycles. The van der Waals surface area contributed by atoms with E-state index in [0.29, 0.717) is 23.6 Å². The number of amides is 1. The molecule has 1 rings (SSSR count). The number of carbonyl (C=O) groups is 2. The molecule has 6 heteroatoms. The van der Waals surface area contributed by atoms with Crippen LogP contribution in [0.3, 0.4) is 0 Å². The van der Waals surface area contributed by atoms with E-state index in [4.69, 9.17) is 21.4 Å². The molecule has 2 N–H and O–H groups in total. The third-order valence-corrected chi connectivity index (χ3v) is 3.28. The summed E-state index contributed by atoms with van der Waals surface area (Å²) in [7, 11) is 0. The van der Waals surface area contributed by atoms with Gasteiger partial charge < -0.3 is 15.2 Å². The second-order valence-electron chi connectivity index (χ2n) is 4.80. The van der Waals surface area contributed by atoms with Gasteiger partial charge in [0.15, 0.2) is 0 Å². The fourth-order valence-electron chi connectivity index (χ4n) is 1.81. The molecule has 22 heavy (non-hydrogen) atoms. The van der Waals surface area contributed by atoms with E-state index in [9.17, 15) is 9.59 Å². The van der Waals surface area contributed by atoms with Gasteiger partial charge in [0, 0.05) is 5.02 Å². The first-order valence-electron chi connectivity index (χ1n) is 6.94. The highest BCUT2D eigenvalue weighted by Crippen LogP contribution is 2.19. The van der Waals surface area contributed by atoms with Crippen LogP contribution in [0.5, 0.6) is 0 Å². The van der Waals surface area contributed by atoms with Gasteiger partial charge in [0.1, 0.15) is 6.10 Å². The number of rotatable bonds is 9. The predicted molar refractivity (Wildman–Crippen MR) is 84.8 cm³/mol. The zero-order valence-corrected chi connectivity index (χ0v) is 13.2. The molecule has 0 heterocycles. The van der Waals surface area contributed by atoms with Crippen LogP contribution in [0.25, 0.3) is 0 Å². The monoisotopic (exact) mass is 325 g/mol. The number of nitrogens with one attached hydrogen (secondary N) is 1. The molecular formula is C16H20ClNO4. The Bertz CT molecular complexity index is 515. The lowest BCUT2D eigenvalue weighted by atomic mass is 10.0. The van der Waals surface area contributed by atoms with Crippen LogP contribution in [-0.4, -0.2) is 29.7 Å². The Hall–Kier alpha value is -1.85. The van der Waals surface area contributed by atoms with Crippen molar-refractivity contribution in [3.63, 3.8) is 0 Å². The van der Waals surface area contributed by atoms with Gasteiger partial charge >= 0.3 is 5.97 Å². The Morgan fingerprint density at radius 1 is 1.41 bits per heavy atom. The number of carboxylic acid groups (broad SMARTS) is 1. The third-order valence-electron chi connectivity index (χ3n) is 3.03. The van der Waals surface area contributed by atoms with Crippen LogP contribution in [0.2, 0.25) is 5.02 Å². The fourth-order valence-corrected chi connectivity index (χ4v) is 1.94. The van der Waals surface area contributed by atoms with Crippen molar-refractivity contribution in [3.8, 4) is 0 Å². The molecule has 0 aliphatic heterocycles. The number of aliphatic carboxylic acids is 1. The average molecular weight is 326 g/mol. The summed E-state index contributed by atoms with van der Waals surface area (Å²) in [6.07, 6.45) is 1.47. The van der Waals surface area contributed by atoms with Crippen LogP contribution < -0.4 is 5.32 Å². The number of benzene rings is 1. The van der Waals surface area contributed by atoms with E-state index in [2.05, 4.69) is 11.9 Å². The van der Waals surface area contributed by atoms with Crippen LogP contribution in [-0.2, 0) is 14.3 Å². The molecule has 1 unspecified atom stereocenters. The SMILES string of the molecule is C=CCCOC(C)C(=O)N[C@@H](CC(=O)O)c1ccc(Cl)cc1. The first kappa shape index (κ1) is 18.2. The summed E-state index contributed by atoms with van der Waals surface area (Å²) in [4.78, 5) is 23.1. The Morgan fingerprint density at radius 2 is 2.05 bits per heavy atom. The van der Waals surface area contributed by atoms with Crippen molar-refractivity contribution >= 4 is 23.5 Å². The Morgan fingerprint density at radius 3 is 2.59 bits per heavy atom. The summed E-state index contributed by atoms with van der Waals surface area (Å²) in [6, 6.07) is 6.07. The summed E-state index contributed by atoms with van der Waals surface area (Å²) in [5.74, 6) is -1.36. The Labute approximate surface area is 134 Å². The molecule has 0 aliphatic carbocycles. The molecule has 0 spiro atoms. The molecule has 0 aromatic heterocycles. The number of ether oxygens (including phenoxy) is 1. The largest absolute Gasteiger partial charge is 0.481 e. The van der Waals surface area contributed by atoms with Gasteiger partial charge in [-0.1, -0.05) is 29.8 Å². The quantitative estimate of drug-likeness (QED) is 0.540. The zero-order chi connectivity index (χ0) is 16.5. The highest BCUT2D eigenvalue weighted by atomic mass is 35.5. The smallest absolute Gasteiger partial charge is 0.305 e. The van der Waals surface area contributed by atoms with Gasteiger partial charge in [-0.3, -0.25) is 9.59 Å². The van der Waals surface area contributed by atoms with Crippen molar-refractivity contribution < 1.29 is 19.4 Å². The van der Waals surface area contributed by atoms with Gasteiger partial charge in [-0.25, -0.2) is 0 Å². The highest BCUT2D eigenvalue weighted by Gasteiger charge is 2.21. The number of carboxylic acids is 1. The lowest BCUT2D eigenvalue weighted by Gasteiger charge is -2.20. The van der Waals surface area contributed by atoms with Crippen LogP contribution in [0, 0.1) is 0 Å². The van der Waals surface area contributed by atoms with E-state index >= 15 is 0 Å². The van der Waals surface area contributed by atoms with Crippen molar-refractivity contribution in [2.24, 2.45) is 0 Å². The van der Waals surface area contributed by atoms with Gasteiger partial charge in [0.2, 0.25) is 5.91 Å². The van der Waals surface area contributed by atoms with Crippen LogP contribution in [0.1, 0.15) is 31.4 Å². The molecule has 5 nitrogen and oxygen atoms in total. The molecule has 0 aliphatic rings. The number of hydrogen-bond donors (Lipinski definition) is 2. The van der Waals surface area contributed by atoms with Crippen molar-refractivity contribution in [1.82, 2.24) is 5.32 Å². The molecule has 1 aromatic rings. The van der Waals surface area contributed by atoms with Gasteiger partial charge in [0.05, 0.1) is 19.1 Å². The minimum atomic E-state index is -1.000. The maximum atomic E-state index is 12.1. The average Bonchev–Trinajstić information content (AvgIpc) is 2.47. The topological polar surface area (TPSA) is 75.6 Å². The van der Waals surface area contributed by atoms with E-state index in [0.717, 1.165) is 0 Å².